The molecule has 0 saturated heterocycles. The summed E-state index contributed by atoms with van der Waals surface area (Å²) in [5, 5.41) is 0. The minimum atomic E-state index is -0.109. The molecule has 0 aromatic heterocycles. The molecule has 0 fully saturated rings. The molecular formula is C52H102O4S2Sn. The third kappa shape index (κ3) is 57.9. The maximum atomic E-state index is 11.5. The van der Waals surface area contributed by atoms with Crippen LogP contribution in [0.1, 0.15) is 247 Å². The van der Waals surface area contributed by atoms with Crippen LogP contribution < -0.4 is 0 Å². The van der Waals surface area contributed by atoms with Crippen LogP contribution in [0, 0.1) is 11.8 Å². The zero-order chi connectivity index (χ0) is 44.1. The van der Waals surface area contributed by atoms with Gasteiger partial charge in [-0.1, -0.05) is 168 Å². The summed E-state index contributed by atoms with van der Waals surface area (Å²) >= 11 is 8.36. The summed E-state index contributed by atoms with van der Waals surface area (Å²) in [6.45, 7) is 14.0. The summed E-state index contributed by atoms with van der Waals surface area (Å²) in [4.78, 5) is 22.9. The van der Waals surface area contributed by atoms with Crippen molar-refractivity contribution in [1.29, 1.82) is 0 Å². The Bertz CT molecular complexity index is 800. The van der Waals surface area contributed by atoms with Gasteiger partial charge in [0.15, 0.2) is 0 Å². The predicted octanol–water partition coefficient (Wildman–Crippen LogP) is 17.4. The Kier molecular flexibility index (Phi) is 62.1. The Morgan fingerprint density at radius 3 is 0.932 bits per heavy atom. The summed E-state index contributed by atoms with van der Waals surface area (Å²) in [5.74, 6) is 0.735. The van der Waals surface area contributed by atoms with Gasteiger partial charge < -0.3 is 9.47 Å². The Morgan fingerprint density at radius 1 is 0.407 bits per heavy atom. The Hall–Kier alpha value is -0.0813. The molecule has 0 aliphatic carbocycles. The predicted molar refractivity (Wildman–Crippen MR) is 272 cm³/mol. The number of ether oxygens (including phenoxy) is 2. The van der Waals surface area contributed by atoms with E-state index < -0.39 is 0 Å². The fourth-order valence-electron chi connectivity index (χ4n) is 6.21. The van der Waals surface area contributed by atoms with Crippen molar-refractivity contribution >= 4 is 58.3 Å². The van der Waals surface area contributed by atoms with E-state index in [1.165, 1.54) is 180 Å². The molecule has 0 bridgehead atoms. The number of hydrogen-bond donors (Lipinski definition) is 2. The van der Waals surface area contributed by atoms with E-state index in [9.17, 15) is 9.59 Å². The topological polar surface area (TPSA) is 52.6 Å². The third-order valence-electron chi connectivity index (χ3n) is 10.6. The van der Waals surface area contributed by atoms with Crippen LogP contribution >= 0.6 is 25.3 Å². The second-order valence-corrected chi connectivity index (χ2v) is 21.8. The summed E-state index contributed by atoms with van der Waals surface area (Å²) in [5.41, 5.74) is 0. The zero-order valence-electron chi connectivity index (χ0n) is 40.4. The van der Waals surface area contributed by atoms with E-state index in [4.69, 9.17) is 9.47 Å². The van der Waals surface area contributed by atoms with E-state index in [0.29, 0.717) is 24.7 Å². The number of carbonyl (C=O) groups is 2. The molecule has 59 heavy (non-hydrogen) atoms. The van der Waals surface area contributed by atoms with Crippen LogP contribution in [0.3, 0.4) is 0 Å². The molecule has 0 spiro atoms. The van der Waals surface area contributed by atoms with Gasteiger partial charge in [-0.15, -0.1) is 0 Å². The molecule has 2 unspecified atom stereocenters. The SMILES string of the molecule is CCCCCCCC/C=C\CCCCCCCCOC(=O)C(C)CS.CCCCCCCC/C=C\CCCCCCCCOC(=O)C(C)CS.CCC[CH2][Sn][CH2]CCC. The van der Waals surface area contributed by atoms with Crippen LogP contribution in [0.2, 0.25) is 8.87 Å². The van der Waals surface area contributed by atoms with Crippen LogP contribution in [0.25, 0.3) is 0 Å². The van der Waals surface area contributed by atoms with Gasteiger partial charge in [-0.25, -0.2) is 0 Å². The average Bonchev–Trinajstić information content (AvgIpc) is 3.25. The standard InChI is InChI=1S/2C22H42O2S.2C4H9.Sn/c2*1-3-4-5-6-7-8-9-10-11-12-13-14-15-16-17-18-19-24-22(23)21(2)20-25;2*1-3-4-2;/h2*10-11,21,25H,3-9,12-20H2,1-2H3;2*1,3-4H2,2H3;/b2*11-10-;;;. The van der Waals surface area contributed by atoms with Gasteiger partial charge in [0.25, 0.3) is 0 Å². The van der Waals surface area contributed by atoms with Gasteiger partial charge in [0.1, 0.15) is 0 Å². The normalized spacial score (nSPS) is 12.2. The number of esters is 2. The molecule has 0 aromatic carbocycles. The number of unbranched alkanes of at least 4 members (excludes halogenated alkanes) is 26. The third-order valence-corrected chi connectivity index (χ3v) is 15.7. The van der Waals surface area contributed by atoms with Crippen LogP contribution in [0.5, 0.6) is 0 Å². The van der Waals surface area contributed by atoms with E-state index >= 15 is 0 Å². The summed E-state index contributed by atoms with van der Waals surface area (Å²) < 4.78 is 13.7. The molecule has 0 aliphatic rings. The molecule has 0 saturated carbocycles. The van der Waals surface area contributed by atoms with E-state index in [0.717, 1.165) is 25.7 Å². The van der Waals surface area contributed by atoms with Crippen molar-refractivity contribution in [1.82, 2.24) is 0 Å². The van der Waals surface area contributed by atoms with Crippen molar-refractivity contribution in [2.45, 2.75) is 256 Å². The molecule has 0 rings (SSSR count). The monoisotopic (exact) mass is 975 g/mol. The molecule has 0 amide bonds. The van der Waals surface area contributed by atoms with E-state index in [1.807, 2.05) is 13.8 Å². The minimum absolute atomic E-state index is 0.0857. The van der Waals surface area contributed by atoms with Crippen molar-refractivity contribution < 1.29 is 19.1 Å². The van der Waals surface area contributed by atoms with Crippen molar-refractivity contribution in [2.75, 3.05) is 24.7 Å². The van der Waals surface area contributed by atoms with Crippen molar-refractivity contribution in [3.63, 3.8) is 0 Å². The molecular weight excluding hydrogens is 871 g/mol. The first-order chi connectivity index (χ1) is 28.9. The van der Waals surface area contributed by atoms with Crippen LogP contribution in [-0.2, 0) is 19.1 Å². The van der Waals surface area contributed by atoms with Crippen LogP contribution in [0.15, 0.2) is 24.3 Å². The first-order valence-electron chi connectivity index (χ1n) is 25.4. The number of allylic oxidation sites excluding steroid dienone is 4. The molecule has 2 atom stereocenters. The van der Waals surface area contributed by atoms with Crippen LogP contribution in [0.4, 0.5) is 0 Å². The molecule has 7 heteroatoms. The molecule has 0 aromatic rings. The molecule has 0 aliphatic heterocycles. The quantitative estimate of drug-likeness (QED) is 0.0210. The summed E-state index contributed by atoms with van der Waals surface area (Å²) in [6, 6.07) is 0. The summed E-state index contributed by atoms with van der Waals surface area (Å²) in [6.07, 6.45) is 51.6. The molecule has 0 heterocycles. The molecule has 350 valence electrons. The fraction of sp³-hybridized carbons (Fsp3) is 0.885. The first-order valence-corrected chi connectivity index (χ1v) is 30.7. The van der Waals surface area contributed by atoms with E-state index in [-0.39, 0.29) is 44.9 Å². The van der Waals surface area contributed by atoms with Crippen molar-refractivity contribution in [3.8, 4) is 0 Å². The Morgan fingerprint density at radius 2 is 0.661 bits per heavy atom. The zero-order valence-corrected chi connectivity index (χ0v) is 45.0. The van der Waals surface area contributed by atoms with Gasteiger partial charge in [-0.2, -0.15) is 25.3 Å². The van der Waals surface area contributed by atoms with E-state index in [2.05, 4.69) is 77.3 Å². The average molecular weight is 974 g/mol. The number of hydrogen-bond acceptors (Lipinski definition) is 6. The second kappa shape index (κ2) is 57.9. The van der Waals surface area contributed by atoms with Crippen LogP contribution in [-0.4, -0.2) is 57.8 Å². The second-order valence-electron chi connectivity index (χ2n) is 16.8. The molecule has 2 radical (unpaired) electrons. The molecule has 0 N–H and O–H groups in total. The fourth-order valence-corrected chi connectivity index (χ4v) is 10.7. The van der Waals surface area contributed by atoms with E-state index in [1.54, 1.807) is 8.87 Å². The van der Waals surface area contributed by atoms with Gasteiger partial charge in [-0.3, -0.25) is 9.59 Å². The Balaban J connectivity index is -0.000000880. The summed E-state index contributed by atoms with van der Waals surface area (Å²) in [7, 11) is 0. The molecule has 4 nitrogen and oxygen atoms in total. The number of thiol groups is 2. The number of rotatable bonds is 42. The first kappa shape index (κ1) is 63.2. The van der Waals surface area contributed by atoms with Crippen molar-refractivity contribution in [2.24, 2.45) is 11.8 Å². The maximum absolute atomic E-state index is 11.5. The number of carbonyl (C=O) groups excluding carboxylic acids is 2. The van der Waals surface area contributed by atoms with Gasteiger partial charge >= 0.3 is 81.5 Å². The Labute approximate surface area is 391 Å². The van der Waals surface area contributed by atoms with Gasteiger partial charge in [0, 0.05) is 11.5 Å². The van der Waals surface area contributed by atoms with Gasteiger partial charge in [-0.05, 0) is 64.2 Å². The van der Waals surface area contributed by atoms with Gasteiger partial charge in [0.2, 0.25) is 0 Å². The van der Waals surface area contributed by atoms with Gasteiger partial charge in [0.05, 0.1) is 25.0 Å². The van der Waals surface area contributed by atoms with Crippen molar-refractivity contribution in [3.05, 3.63) is 24.3 Å².